The maximum atomic E-state index is 13.7. The molecule has 1 aromatic carbocycles. The zero-order chi connectivity index (χ0) is 20.1. The molecule has 6 heteroatoms. The van der Waals surface area contributed by atoms with Gasteiger partial charge in [-0.2, -0.15) is 0 Å². The summed E-state index contributed by atoms with van der Waals surface area (Å²) in [5.41, 5.74) is 4.69. The summed E-state index contributed by atoms with van der Waals surface area (Å²) in [4.78, 5) is 18.7. The minimum absolute atomic E-state index is 0.00562. The van der Waals surface area contributed by atoms with E-state index in [-0.39, 0.29) is 11.0 Å². The molecule has 146 valence electrons. The van der Waals surface area contributed by atoms with Crippen LogP contribution in [0.1, 0.15) is 45.2 Å². The van der Waals surface area contributed by atoms with Crippen LogP contribution < -0.4 is 5.56 Å². The lowest BCUT2D eigenvalue weighted by Crippen LogP contribution is -2.36. The molecule has 0 amide bonds. The van der Waals surface area contributed by atoms with Crippen LogP contribution in [0.25, 0.3) is 17.0 Å². The van der Waals surface area contributed by atoms with E-state index < -0.39 is 0 Å². The second kappa shape index (κ2) is 6.92. The van der Waals surface area contributed by atoms with Crippen molar-refractivity contribution in [2.75, 3.05) is 5.75 Å². The van der Waals surface area contributed by atoms with Gasteiger partial charge in [-0.3, -0.25) is 4.79 Å². The van der Waals surface area contributed by atoms with E-state index in [1.165, 1.54) is 5.56 Å². The molecule has 1 aliphatic carbocycles. The summed E-state index contributed by atoms with van der Waals surface area (Å²) in [5, 5.41) is 5.42. The highest BCUT2D eigenvalue weighted by atomic mass is 32.2. The highest BCUT2D eigenvalue weighted by Gasteiger charge is 2.36. The molecule has 0 fully saturated rings. The largest absolute Gasteiger partial charge is 0.268 e. The minimum atomic E-state index is -0.280. The third-order valence-corrected chi connectivity index (χ3v) is 6.32. The molecule has 1 aliphatic rings. The number of rotatable bonds is 5. The first-order chi connectivity index (χ1) is 13.3. The van der Waals surface area contributed by atoms with Crippen LogP contribution in [-0.4, -0.2) is 24.9 Å². The lowest BCUT2D eigenvalue weighted by Gasteiger charge is -2.32. The number of hydrogen-bond donors (Lipinski definition) is 0. The lowest BCUT2D eigenvalue weighted by molar-refractivity contribution is 0.505. The van der Waals surface area contributed by atoms with Gasteiger partial charge in [0.1, 0.15) is 0 Å². The summed E-state index contributed by atoms with van der Waals surface area (Å²) >= 11 is 1.55. The topological polar surface area (TPSA) is 52.2 Å². The molecule has 0 saturated carbocycles. The van der Waals surface area contributed by atoms with E-state index in [2.05, 4.69) is 45.5 Å². The average molecular weight is 395 g/mol. The predicted molar refractivity (Wildman–Crippen MR) is 115 cm³/mol. The van der Waals surface area contributed by atoms with Gasteiger partial charge >= 0.3 is 0 Å². The van der Waals surface area contributed by atoms with Crippen molar-refractivity contribution in [3.8, 4) is 11.3 Å². The van der Waals surface area contributed by atoms with Gasteiger partial charge in [0.05, 0.1) is 11.3 Å². The maximum Gasteiger partial charge on any atom is 0.265 e. The Hall–Kier alpha value is -2.34. The fourth-order valence-corrected chi connectivity index (χ4v) is 4.79. The van der Waals surface area contributed by atoms with E-state index in [1.54, 1.807) is 16.2 Å². The summed E-state index contributed by atoms with van der Waals surface area (Å²) in [6, 6.07) is 8.28. The average Bonchev–Trinajstić information content (AvgIpc) is 2.97. The van der Waals surface area contributed by atoms with Crippen molar-refractivity contribution in [1.82, 2.24) is 19.2 Å². The van der Waals surface area contributed by atoms with Crippen LogP contribution in [0, 0.1) is 0 Å². The number of nitrogens with zero attached hydrogens (tertiary/aromatic N) is 4. The fraction of sp³-hybridized carbons (Fsp3) is 0.409. The Labute approximate surface area is 169 Å². The van der Waals surface area contributed by atoms with E-state index >= 15 is 0 Å². The normalized spacial score (nSPS) is 14.7. The third kappa shape index (κ3) is 3.00. The Morgan fingerprint density at radius 1 is 1.32 bits per heavy atom. The first-order valence-electron chi connectivity index (χ1n) is 9.73. The Kier molecular flexibility index (Phi) is 4.70. The highest BCUT2D eigenvalue weighted by molar-refractivity contribution is 7.99. The van der Waals surface area contributed by atoms with Gasteiger partial charge in [-0.05, 0) is 25.3 Å². The SMILES string of the molecule is C=C(C)CSc1nn(CCC)c2nc3c(c(=O)n12)C(C)(C)Cc1ccccc1-3. The molecule has 5 nitrogen and oxygen atoms in total. The Morgan fingerprint density at radius 2 is 2.07 bits per heavy atom. The van der Waals surface area contributed by atoms with Crippen LogP contribution in [0.4, 0.5) is 0 Å². The molecule has 0 spiro atoms. The number of aryl methyl sites for hydroxylation is 1. The smallest absolute Gasteiger partial charge is 0.265 e. The van der Waals surface area contributed by atoms with Crippen LogP contribution in [0.15, 0.2) is 46.4 Å². The predicted octanol–water partition coefficient (Wildman–Crippen LogP) is 4.47. The molecule has 0 unspecified atom stereocenters. The molecule has 0 bridgehead atoms. The molecule has 0 N–H and O–H groups in total. The van der Waals surface area contributed by atoms with Crippen LogP contribution in [0.5, 0.6) is 0 Å². The number of hydrogen-bond acceptors (Lipinski definition) is 4. The molecule has 0 saturated heterocycles. The van der Waals surface area contributed by atoms with E-state index in [9.17, 15) is 4.79 Å². The number of thioether (sulfide) groups is 1. The monoisotopic (exact) mass is 394 g/mol. The van der Waals surface area contributed by atoms with E-state index in [0.29, 0.717) is 10.9 Å². The Bertz CT molecular complexity index is 1140. The molecule has 2 heterocycles. The summed E-state index contributed by atoms with van der Waals surface area (Å²) in [6.45, 7) is 13.1. The quantitative estimate of drug-likeness (QED) is 0.473. The number of fused-ring (bicyclic) bond motifs is 4. The third-order valence-electron chi connectivity index (χ3n) is 5.16. The highest BCUT2D eigenvalue weighted by Crippen LogP contribution is 2.40. The van der Waals surface area contributed by atoms with Crippen LogP contribution in [-0.2, 0) is 18.4 Å². The van der Waals surface area contributed by atoms with Crippen molar-refractivity contribution >= 4 is 17.5 Å². The van der Waals surface area contributed by atoms with Gasteiger partial charge in [0.15, 0.2) is 5.16 Å². The van der Waals surface area contributed by atoms with Crippen molar-refractivity contribution in [1.29, 1.82) is 0 Å². The Morgan fingerprint density at radius 3 is 2.79 bits per heavy atom. The molecular weight excluding hydrogens is 368 g/mol. The van der Waals surface area contributed by atoms with E-state index in [1.807, 2.05) is 17.7 Å². The van der Waals surface area contributed by atoms with Crippen molar-refractivity contribution in [2.45, 2.75) is 57.7 Å². The molecule has 0 atom stereocenters. The van der Waals surface area contributed by atoms with Gasteiger partial charge in [-0.25, -0.2) is 14.1 Å². The van der Waals surface area contributed by atoms with Gasteiger partial charge in [-0.15, -0.1) is 5.10 Å². The zero-order valence-corrected chi connectivity index (χ0v) is 17.8. The first-order valence-corrected chi connectivity index (χ1v) is 10.7. The molecule has 0 radical (unpaired) electrons. The van der Waals surface area contributed by atoms with Crippen molar-refractivity contribution in [2.24, 2.45) is 0 Å². The van der Waals surface area contributed by atoms with Gasteiger partial charge in [0.25, 0.3) is 5.56 Å². The summed E-state index contributed by atoms with van der Waals surface area (Å²) in [7, 11) is 0. The summed E-state index contributed by atoms with van der Waals surface area (Å²) in [5.74, 6) is 1.36. The molecule has 28 heavy (non-hydrogen) atoms. The molecular formula is C22H26N4OS. The first kappa shape index (κ1) is 19.0. The van der Waals surface area contributed by atoms with Gasteiger partial charge < -0.3 is 0 Å². The minimum Gasteiger partial charge on any atom is -0.268 e. The van der Waals surface area contributed by atoms with E-state index in [0.717, 1.165) is 47.5 Å². The molecule has 2 aromatic heterocycles. The second-order valence-corrected chi connectivity index (χ2v) is 9.19. The lowest BCUT2D eigenvalue weighted by atomic mass is 9.72. The fourth-order valence-electron chi connectivity index (χ4n) is 3.97. The van der Waals surface area contributed by atoms with Crippen LogP contribution in [0.2, 0.25) is 0 Å². The second-order valence-electron chi connectivity index (χ2n) is 8.25. The molecule has 3 aromatic rings. The van der Waals surface area contributed by atoms with Crippen LogP contribution >= 0.6 is 11.8 Å². The zero-order valence-electron chi connectivity index (χ0n) is 17.0. The number of benzene rings is 1. The molecule has 0 aliphatic heterocycles. The van der Waals surface area contributed by atoms with Gasteiger partial charge in [-0.1, -0.05) is 69.0 Å². The van der Waals surface area contributed by atoms with Crippen LogP contribution in [0.3, 0.4) is 0 Å². The standard InChI is InChI=1S/C22H26N4OS/c1-6-11-25-20-23-18-16-10-8-7-9-15(16)12-22(4,5)17(18)19(27)26(20)21(24-25)28-13-14(2)3/h7-10H,2,6,11-13H2,1,3-5H3. The number of aromatic nitrogens is 4. The van der Waals surface area contributed by atoms with E-state index in [4.69, 9.17) is 10.1 Å². The maximum absolute atomic E-state index is 13.7. The van der Waals surface area contributed by atoms with Crippen molar-refractivity contribution < 1.29 is 0 Å². The van der Waals surface area contributed by atoms with Gasteiger partial charge in [0, 0.05) is 23.3 Å². The van der Waals surface area contributed by atoms with Gasteiger partial charge in [0.2, 0.25) is 5.78 Å². The molecule has 4 rings (SSSR count). The van der Waals surface area contributed by atoms with Crippen molar-refractivity contribution in [3.05, 3.63) is 57.9 Å². The summed E-state index contributed by atoms with van der Waals surface area (Å²) in [6.07, 6.45) is 1.76. The van der Waals surface area contributed by atoms with Crippen molar-refractivity contribution in [3.63, 3.8) is 0 Å². The summed E-state index contributed by atoms with van der Waals surface area (Å²) < 4.78 is 3.57. The Balaban J connectivity index is 2.05.